The van der Waals surface area contributed by atoms with Crippen molar-refractivity contribution in [2.24, 2.45) is 0 Å². The van der Waals surface area contributed by atoms with Gasteiger partial charge >= 0.3 is 0 Å². The summed E-state index contributed by atoms with van der Waals surface area (Å²) in [5.74, 6) is 1.88. The Hall–Kier alpha value is -0.450. The zero-order valence-electron chi connectivity index (χ0n) is 13.5. The number of ether oxygens (including phenoxy) is 2. The fraction of sp³-hybridized carbons (Fsp3) is 0.667. The lowest BCUT2D eigenvalue weighted by atomic mass is 10.2. The summed E-state index contributed by atoms with van der Waals surface area (Å²) in [5.41, 5.74) is 0. The fourth-order valence-corrected chi connectivity index (χ4v) is 2.61. The van der Waals surface area contributed by atoms with Gasteiger partial charge in [-0.1, -0.05) is 52.4 Å². The first-order valence-corrected chi connectivity index (χ1v) is 9.41. The quantitative estimate of drug-likeness (QED) is 0.305. The maximum atomic E-state index is 5.88. The molecule has 0 aliphatic rings. The van der Waals surface area contributed by atoms with E-state index < -0.39 is 0 Å². The second kappa shape index (κ2) is 12.1. The lowest BCUT2D eigenvalue weighted by Crippen LogP contribution is -2.01. The molecule has 0 unspecified atom stereocenters. The van der Waals surface area contributed by atoms with Gasteiger partial charge in [0.15, 0.2) is 0 Å². The van der Waals surface area contributed by atoms with Crippen molar-refractivity contribution in [2.45, 2.75) is 65.2 Å². The van der Waals surface area contributed by atoms with Crippen LogP contribution in [0.3, 0.4) is 0 Å². The van der Waals surface area contributed by atoms with Crippen molar-refractivity contribution in [3.63, 3.8) is 0 Å². The van der Waals surface area contributed by atoms with E-state index in [0.717, 1.165) is 41.1 Å². The average Bonchev–Trinajstić information content (AvgIpc) is 2.49. The van der Waals surface area contributed by atoms with E-state index in [-0.39, 0.29) is 0 Å². The Bertz CT molecular complexity index is 379. The molecule has 0 N–H and O–H groups in total. The molecule has 0 fully saturated rings. The lowest BCUT2D eigenvalue weighted by molar-refractivity contribution is 0.289. The highest BCUT2D eigenvalue weighted by Gasteiger charge is 2.04. The monoisotopic (exact) mass is 404 g/mol. The van der Waals surface area contributed by atoms with Gasteiger partial charge in [0.05, 0.1) is 16.8 Å². The number of benzene rings is 1. The molecule has 1 rings (SSSR count). The van der Waals surface area contributed by atoms with E-state index >= 15 is 0 Å². The number of unbranched alkanes of at least 4 members (excludes halogenated alkanes) is 6. The number of rotatable bonds is 12. The Morgan fingerprint density at radius 3 is 2.05 bits per heavy atom. The molecule has 0 spiro atoms. The smallest absolute Gasteiger partial charge is 0.136 e. The summed E-state index contributed by atoms with van der Waals surface area (Å²) >= 11 is 2.32. The van der Waals surface area contributed by atoms with Crippen LogP contribution in [0.1, 0.15) is 65.2 Å². The minimum Gasteiger partial charge on any atom is -0.493 e. The van der Waals surface area contributed by atoms with Gasteiger partial charge in [-0.3, -0.25) is 0 Å². The summed E-state index contributed by atoms with van der Waals surface area (Å²) in [6, 6.07) is 6.14. The lowest BCUT2D eigenvalue weighted by Gasteiger charge is -2.11. The molecule has 0 radical (unpaired) electrons. The second-order valence-corrected chi connectivity index (χ2v) is 6.57. The molecule has 0 saturated heterocycles. The number of hydrogen-bond acceptors (Lipinski definition) is 2. The van der Waals surface area contributed by atoms with Crippen LogP contribution >= 0.6 is 22.6 Å². The van der Waals surface area contributed by atoms with Gasteiger partial charge in [-0.2, -0.15) is 0 Å². The minimum absolute atomic E-state index is 0.802. The van der Waals surface area contributed by atoms with Crippen molar-refractivity contribution in [1.29, 1.82) is 0 Å². The van der Waals surface area contributed by atoms with Crippen LogP contribution in [-0.2, 0) is 0 Å². The van der Waals surface area contributed by atoms with Crippen molar-refractivity contribution in [1.82, 2.24) is 0 Å². The minimum atomic E-state index is 0.802. The average molecular weight is 404 g/mol. The van der Waals surface area contributed by atoms with Crippen LogP contribution in [0, 0.1) is 3.57 Å². The van der Waals surface area contributed by atoms with Gasteiger partial charge in [-0.25, -0.2) is 0 Å². The summed E-state index contributed by atoms with van der Waals surface area (Å²) in [5, 5.41) is 0. The highest BCUT2D eigenvalue weighted by Crippen LogP contribution is 2.26. The molecule has 1 aromatic rings. The van der Waals surface area contributed by atoms with E-state index in [1.54, 1.807) is 0 Å². The predicted molar refractivity (Wildman–Crippen MR) is 98.4 cm³/mol. The van der Waals surface area contributed by atoms with Crippen molar-refractivity contribution in [2.75, 3.05) is 13.2 Å². The van der Waals surface area contributed by atoms with E-state index in [0.29, 0.717) is 0 Å². The van der Waals surface area contributed by atoms with Crippen molar-refractivity contribution >= 4 is 22.6 Å². The first-order chi connectivity index (χ1) is 10.3. The fourth-order valence-electron chi connectivity index (χ4n) is 2.11. The van der Waals surface area contributed by atoms with Crippen molar-refractivity contribution in [3.8, 4) is 11.5 Å². The first kappa shape index (κ1) is 18.6. The molecule has 3 heteroatoms. The molecule has 2 nitrogen and oxygen atoms in total. The van der Waals surface area contributed by atoms with Crippen LogP contribution in [-0.4, -0.2) is 13.2 Å². The van der Waals surface area contributed by atoms with E-state index in [2.05, 4.69) is 42.5 Å². The van der Waals surface area contributed by atoms with Crippen LogP contribution in [0.2, 0.25) is 0 Å². The largest absolute Gasteiger partial charge is 0.493 e. The topological polar surface area (TPSA) is 18.5 Å². The molecule has 0 atom stereocenters. The number of halogens is 1. The van der Waals surface area contributed by atoms with Crippen LogP contribution in [0.25, 0.3) is 0 Å². The molecule has 0 aromatic heterocycles. The van der Waals surface area contributed by atoms with Crippen molar-refractivity contribution < 1.29 is 9.47 Å². The van der Waals surface area contributed by atoms with Crippen LogP contribution in [0.4, 0.5) is 0 Å². The third-order valence-electron chi connectivity index (χ3n) is 3.42. The van der Waals surface area contributed by atoms with Gasteiger partial charge in [0.25, 0.3) is 0 Å². The van der Waals surface area contributed by atoms with Gasteiger partial charge in [0, 0.05) is 6.07 Å². The van der Waals surface area contributed by atoms with E-state index in [9.17, 15) is 0 Å². The van der Waals surface area contributed by atoms with Crippen LogP contribution in [0.5, 0.6) is 11.5 Å². The summed E-state index contributed by atoms with van der Waals surface area (Å²) in [4.78, 5) is 0. The first-order valence-electron chi connectivity index (χ1n) is 8.33. The molecule has 0 saturated carbocycles. The molecule has 0 bridgehead atoms. The Kier molecular flexibility index (Phi) is 10.7. The molecule has 0 aliphatic carbocycles. The van der Waals surface area contributed by atoms with Gasteiger partial charge in [0.2, 0.25) is 0 Å². The summed E-state index contributed by atoms with van der Waals surface area (Å²) < 4.78 is 12.8. The standard InChI is InChI=1S/C18H29IO2/c1-3-5-7-9-13-20-16-11-12-17(19)18(15-16)21-14-10-8-6-4-2/h11-12,15H,3-10,13-14H2,1-2H3. The molecular formula is C18H29IO2. The Labute approximate surface area is 143 Å². The molecule has 0 amide bonds. The zero-order valence-corrected chi connectivity index (χ0v) is 15.7. The zero-order chi connectivity index (χ0) is 15.3. The molecule has 21 heavy (non-hydrogen) atoms. The molecule has 0 heterocycles. The predicted octanol–water partition coefficient (Wildman–Crippen LogP) is 6.21. The van der Waals surface area contributed by atoms with Crippen molar-refractivity contribution in [3.05, 3.63) is 21.8 Å². The maximum Gasteiger partial charge on any atom is 0.136 e. The van der Waals surface area contributed by atoms with E-state index in [1.165, 1.54) is 38.5 Å². The normalized spacial score (nSPS) is 10.6. The van der Waals surface area contributed by atoms with Crippen LogP contribution < -0.4 is 9.47 Å². The molecule has 0 aliphatic heterocycles. The molecule has 120 valence electrons. The highest BCUT2D eigenvalue weighted by molar-refractivity contribution is 14.1. The second-order valence-electron chi connectivity index (χ2n) is 5.41. The Morgan fingerprint density at radius 1 is 0.810 bits per heavy atom. The maximum absolute atomic E-state index is 5.88. The Balaban J connectivity index is 2.33. The van der Waals surface area contributed by atoms with E-state index in [1.807, 2.05) is 12.1 Å². The SMILES string of the molecule is CCCCCCOc1ccc(I)c(OCCCCCC)c1. The summed E-state index contributed by atoms with van der Waals surface area (Å²) in [7, 11) is 0. The van der Waals surface area contributed by atoms with Gasteiger partial charge in [-0.15, -0.1) is 0 Å². The molecular weight excluding hydrogens is 375 g/mol. The molecule has 1 aromatic carbocycles. The van der Waals surface area contributed by atoms with Gasteiger partial charge in [0.1, 0.15) is 11.5 Å². The van der Waals surface area contributed by atoms with Crippen LogP contribution in [0.15, 0.2) is 18.2 Å². The van der Waals surface area contributed by atoms with Gasteiger partial charge in [-0.05, 0) is 47.6 Å². The summed E-state index contributed by atoms with van der Waals surface area (Å²) in [6.07, 6.45) is 9.88. The third-order valence-corrected chi connectivity index (χ3v) is 4.32. The van der Waals surface area contributed by atoms with E-state index in [4.69, 9.17) is 9.47 Å². The van der Waals surface area contributed by atoms with Gasteiger partial charge < -0.3 is 9.47 Å². The Morgan fingerprint density at radius 2 is 1.43 bits per heavy atom. The number of hydrogen-bond donors (Lipinski definition) is 0. The summed E-state index contributed by atoms with van der Waals surface area (Å²) in [6.45, 7) is 6.06. The third kappa shape index (κ3) is 8.54. The highest BCUT2D eigenvalue weighted by atomic mass is 127.